The zero-order chi connectivity index (χ0) is 10.6. The maximum atomic E-state index is 5.85. The number of nitrogens with two attached hydrogens (primary N) is 1. The fourth-order valence-corrected chi connectivity index (χ4v) is 1.61. The molecule has 0 aliphatic heterocycles. The summed E-state index contributed by atoms with van der Waals surface area (Å²) in [5.41, 5.74) is 8.19. The number of nitrogens with zero attached hydrogens (tertiary/aromatic N) is 2. The molecule has 0 spiro atoms. The van der Waals surface area contributed by atoms with Gasteiger partial charge < -0.3 is 5.73 Å². The first-order valence-corrected chi connectivity index (χ1v) is 5.40. The second-order valence-electron chi connectivity index (χ2n) is 3.96. The van der Waals surface area contributed by atoms with Gasteiger partial charge in [0.15, 0.2) is 0 Å². The van der Waals surface area contributed by atoms with Crippen molar-refractivity contribution in [2.24, 2.45) is 5.73 Å². The zero-order valence-electron chi connectivity index (χ0n) is 9.45. The monoisotopic (exact) mass is 195 g/mol. The molecule has 0 radical (unpaired) electrons. The molecule has 0 saturated heterocycles. The molecule has 3 nitrogen and oxygen atoms in total. The van der Waals surface area contributed by atoms with E-state index in [4.69, 9.17) is 5.73 Å². The van der Waals surface area contributed by atoms with Crippen molar-refractivity contribution >= 4 is 0 Å². The van der Waals surface area contributed by atoms with Gasteiger partial charge in [-0.25, -0.2) is 0 Å². The second-order valence-corrected chi connectivity index (χ2v) is 3.96. The molecule has 2 N–H and O–H groups in total. The summed E-state index contributed by atoms with van der Waals surface area (Å²) in [5, 5.41) is 4.41. The fraction of sp³-hybridized carbons (Fsp3) is 0.727. The van der Waals surface area contributed by atoms with Crippen LogP contribution in [-0.2, 0) is 6.54 Å². The van der Waals surface area contributed by atoms with E-state index in [2.05, 4.69) is 29.7 Å². The van der Waals surface area contributed by atoms with Gasteiger partial charge in [0.25, 0.3) is 0 Å². The molecule has 0 aliphatic carbocycles. The van der Waals surface area contributed by atoms with Crippen molar-refractivity contribution in [3.05, 3.63) is 17.5 Å². The minimum Gasteiger partial charge on any atom is -0.328 e. The number of hydrogen-bond acceptors (Lipinski definition) is 2. The molecule has 0 fully saturated rings. The highest BCUT2D eigenvalue weighted by atomic mass is 15.3. The summed E-state index contributed by atoms with van der Waals surface area (Å²) in [6, 6.07) is 2.46. The molecule has 14 heavy (non-hydrogen) atoms. The Morgan fingerprint density at radius 1 is 1.50 bits per heavy atom. The Balaban J connectivity index is 2.34. The van der Waals surface area contributed by atoms with Crippen LogP contribution < -0.4 is 5.73 Å². The predicted molar refractivity (Wildman–Crippen MR) is 59.2 cm³/mol. The van der Waals surface area contributed by atoms with Crippen molar-refractivity contribution in [1.82, 2.24) is 9.78 Å². The molecule has 1 aromatic heterocycles. The van der Waals surface area contributed by atoms with Gasteiger partial charge in [-0.05, 0) is 39.2 Å². The van der Waals surface area contributed by atoms with Crippen molar-refractivity contribution in [2.75, 3.05) is 0 Å². The molecule has 1 aromatic rings. The summed E-state index contributed by atoms with van der Waals surface area (Å²) in [5.74, 6) is 0. The highest BCUT2D eigenvalue weighted by molar-refractivity contribution is 5.06. The summed E-state index contributed by atoms with van der Waals surface area (Å²) >= 11 is 0. The second kappa shape index (κ2) is 5.15. The minimum absolute atomic E-state index is 0.354. The molecule has 1 unspecified atom stereocenters. The normalized spacial score (nSPS) is 13.1. The lowest BCUT2D eigenvalue weighted by atomic mass is 10.1. The van der Waals surface area contributed by atoms with Gasteiger partial charge >= 0.3 is 0 Å². The van der Waals surface area contributed by atoms with E-state index < -0.39 is 0 Å². The van der Waals surface area contributed by atoms with E-state index >= 15 is 0 Å². The van der Waals surface area contributed by atoms with Gasteiger partial charge in [0, 0.05) is 18.3 Å². The first-order chi connectivity index (χ1) is 6.63. The van der Waals surface area contributed by atoms with Crippen LogP contribution in [-0.4, -0.2) is 15.8 Å². The molecule has 1 heterocycles. The van der Waals surface area contributed by atoms with Gasteiger partial charge in [0.2, 0.25) is 0 Å². The summed E-state index contributed by atoms with van der Waals surface area (Å²) in [7, 11) is 0. The SMILES string of the molecule is CCC(N)CCCn1nc(C)cc1C. The van der Waals surface area contributed by atoms with Gasteiger partial charge in [-0.15, -0.1) is 0 Å². The summed E-state index contributed by atoms with van der Waals surface area (Å²) in [4.78, 5) is 0. The summed E-state index contributed by atoms with van der Waals surface area (Å²) in [6.07, 6.45) is 3.28. The Kier molecular flexibility index (Phi) is 4.14. The van der Waals surface area contributed by atoms with E-state index in [9.17, 15) is 0 Å². The first kappa shape index (κ1) is 11.2. The molecular formula is C11H21N3. The van der Waals surface area contributed by atoms with Crippen LogP contribution in [0.5, 0.6) is 0 Å². The number of aromatic nitrogens is 2. The third kappa shape index (κ3) is 3.14. The summed E-state index contributed by atoms with van der Waals surface area (Å²) in [6.45, 7) is 7.25. The average molecular weight is 195 g/mol. The van der Waals surface area contributed by atoms with Crippen LogP contribution >= 0.6 is 0 Å². The van der Waals surface area contributed by atoms with Crippen LogP contribution in [0.4, 0.5) is 0 Å². The topological polar surface area (TPSA) is 43.8 Å². The maximum absolute atomic E-state index is 5.85. The van der Waals surface area contributed by atoms with Gasteiger partial charge in [-0.3, -0.25) is 4.68 Å². The Hall–Kier alpha value is -0.830. The molecule has 0 saturated carbocycles. The number of aryl methyl sites for hydroxylation is 3. The van der Waals surface area contributed by atoms with Crippen LogP contribution in [0, 0.1) is 13.8 Å². The van der Waals surface area contributed by atoms with E-state index in [1.54, 1.807) is 0 Å². The third-order valence-corrected chi connectivity index (χ3v) is 2.57. The molecule has 3 heteroatoms. The van der Waals surface area contributed by atoms with Gasteiger partial charge in [0.1, 0.15) is 0 Å². The standard InChI is InChI=1S/C11H21N3/c1-4-11(12)6-5-7-14-10(3)8-9(2)13-14/h8,11H,4-7,12H2,1-3H3. The van der Waals surface area contributed by atoms with E-state index in [-0.39, 0.29) is 0 Å². The largest absolute Gasteiger partial charge is 0.328 e. The van der Waals surface area contributed by atoms with Crippen LogP contribution in [0.3, 0.4) is 0 Å². The lowest BCUT2D eigenvalue weighted by molar-refractivity contribution is 0.494. The van der Waals surface area contributed by atoms with Crippen molar-refractivity contribution < 1.29 is 0 Å². The highest BCUT2D eigenvalue weighted by Crippen LogP contribution is 2.05. The Morgan fingerprint density at radius 3 is 2.71 bits per heavy atom. The van der Waals surface area contributed by atoms with Crippen LogP contribution in [0.15, 0.2) is 6.07 Å². The smallest absolute Gasteiger partial charge is 0.0596 e. The Morgan fingerprint density at radius 2 is 2.21 bits per heavy atom. The molecule has 0 aromatic carbocycles. The molecule has 1 rings (SSSR count). The van der Waals surface area contributed by atoms with Gasteiger partial charge in [-0.1, -0.05) is 6.92 Å². The van der Waals surface area contributed by atoms with Gasteiger partial charge in [-0.2, -0.15) is 5.10 Å². The van der Waals surface area contributed by atoms with E-state index in [0.717, 1.165) is 31.5 Å². The number of hydrogen-bond donors (Lipinski definition) is 1. The molecule has 0 amide bonds. The van der Waals surface area contributed by atoms with E-state index in [0.29, 0.717) is 6.04 Å². The first-order valence-electron chi connectivity index (χ1n) is 5.40. The van der Waals surface area contributed by atoms with E-state index in [1.807, 2.05) is 6.92 Å². The fourth-order valence-electron chi connectivity index (χ4n) is 1.61. The van der Waals surface area contributed by atoms with Crippen molar-refractivity contribution in [1.29, 1.82) is 0 Å². The molecule has 0 bridgehead atoms. The Bertz CT molecular complexity index is 278. The molecular weight excluding hydrogens is 174 g/mol. The molecule has 0 aliphatic rings. The van der Waals surface area contributed by atoms with Crippen molar-refractivity contribution in [3.8, 4) is 0 Å². The quantitative estimate of drug-likeness (QED) is 0.781. The van der Waals surface area contributed by atoms with Crippen LogP contribution in [0.25, 0.3) is 0 Å². The van der Waals surface area contributed by atoms with Crippen molar-refractivity contribution in [2.45, 2.75) is 52.6 Å². The summed E-state index contributed by atoms with van der Waals surface area (Å²) < 4.78 is 2.07. The average Bonchev–Trinajstić information content (AvgIpc) is 2.45. The lowest BCUT2D eigenvalue weighted by Gasteiger charge is -2.08. The van der Waals surface area contributed by atoms with Crippen LogP contribution in [0.1, 0.15) is 37.6 Å². The molecule has 80 valence electrons. The Labute approximate surface area is 86.3 Å². The predicted octanol–water partition coefficient (Wildman–Crippen LogP) is 2.02. The van der Waals surface area contributed by atoms with Crippen molar-refractivity contribution in [3.63, 3.8) is 0 Å². The molecule has 1 atom stereocenters. The maximum Gasteiger partial charge on any atom is 0.0596 e. The lowest BCUT2D eigenvalue weighted by Crippen LogP contribution is -2.19. The minimum atomic E-state index is 0.354. The van der Waals surface area contributed by atoms with Gasteiger partial charge in [0.05, 0.1) is 5.69 Å². The third-order valence-electron chi connectivity index (χ3n) is 2.57. The number of rotatable bonds is 5. The van der Waals surface area contributed by atoms with E-state index in [1.165, 1.54) is 5.69 Å². The zero-order valence-corrected chi connectivity index (χ0v) is 9.45. The van der Waals surface area contributed by atoms with Crippen LogP contribution in [0.2, 0.25) is 0 Å². The highest BCUT2D eigenvalue weighted by Gasteiger charge is 2.02.